The highest BCUT2D eigenvalue weighted by molar-refractivity contribution is 5.93. The minimum Gasteiger partial charge on any atom is -0.356 e. The van der Waals surface area contributed by atoms with Gasteiger partial charge in [0.2, 0.25) is 0 Å². The molecule has 146 valence electrons. The third-order valence-corrected chi connectivity index (χ3v) is 5.48. The number of carbonyl (C=O) groups excluding carboxylic acids is 1. The van der Waals surface area contributed by atoms with Crippen molar-refractivity contribution in [3.63, 3.8) is 0 Å². The highest BCUT2D eigenvalue weighted by Crippen LogP contribution is 2.39. The summed E-state index contributed by atoms with van der Waals surface area (Å²) in [4.78, 5) is 16.2. The molecule has 1 amide bonds. The predicted molar refractivity (Wildman–Crippen MR) is 105 cm³/mol. The topological polar surface area (TPSA) is 85.8 Å². The molecule has 1 aliphatic rings. The van der Waals surface area contributed by atoms with Crippen LogP contribution in [0, 0.1) is 12.8 Å². The van der Waals surface area contributed by atoms with Crippen molar-refractivity contribution in [2.24, 2.45) is 13.0 Å². The summed E-state index contributed by atoms with van der Waals surface area (Å²) in [6, 6.07) is 5.43. The first kappa shape index (κ1) is 18.4. The lowest BCUT2D eigenvalue weighted by molar-refractivity contribution is 0.0942. The van der Waals surface area contributed by atoms with Crippen LogP contribution in [0.25, 0.3) is 11.3 Å². The summed E-state index contributed by atoms with van der Waals surface area (Å²) >= 11 is 0. The Labute approximate surface area is 164 Å². The Balaban J connectivity index is 1.35. The first-order valence-electron chi connectivity index (χ1n) is 9.75. The fourth-order valence-electron chi connectivity index (χ4n) is 3.97. The van der Waals surface area contributed by atoms with Crippen LogP contribution in [0.3, 0.4) is 0 Å². The Morgan fingerprint density at radius 1 is 1.25 bits per heavy atom. The molecule has 0 unspecified atom stereocenters. The van der Waals surface area contributed by atoms with Gasteiger partial charge in [0, 0.05) is 49.7 Å². The average Bonchev–Trinajstić information content (AvgIpc) is 3.32. The SMILES string of the molecule is Cc1cc(-c2cn(C)nc2C2CCC(CNC(=O)c3ccncc3)CC2)on1. The van der Waals surface area contributed by atoms with Gasteiger partial charge in [-0.3, -0.25) is 14.5 Å². The molecule has 3 aromatic heterocycles. The van der Waals surface area contributed by atoms with E-state index in [0.29, 0.717) is 23.9 Å². The molecule has 1 saturated carbocycles. The molecule has 28 heavy (non-hydrogen) atoms. The number of aryl methyl sites for hydroxylation is 2. The van der Waals surface area contributed by atoms with Crippen molar-refractivity contribution < 1.29 is 9.32 Å². The van der Waals surface area contributed by atoms with Crippen molar-refractivity contribution in [2.45, 2.75) is 38.5 Å². The van der Waals surface area contributed by atoms with Crippen molar-refractivity contribution in [2.75, 3.05) is 6.54 Å². The zero-order valence-corrected chi connectivity index (χ0v) is 16.3. The fourth-order valence-corrected chi connectivity index (χ4v) is 3.97. The van der Waals surface area contributed by atoms with Crippen LogP contribution in [-0.4, -0.2) is 32.4 Å². The molecule has 3 heterocycles. The van der Waals surface area contributed by atoms with Gasteiger partial charge in [-0.15, -0.1) is 0 Å². The molecule has 0 radical (unpaired) electrons. The van der Waals surface area contributed by atoms with Crippen LogP contribution in [-0.2, 0) is 7.05 Å². The van der Waals surface area contributed by atoms with Gasteiger partial charge in [0.15, 0.2) is 5.76 Å². The number of rotatable bonds is 5. The number of hydrogen-bond acceptors (Lipinski definition) is 5. The van der Waals surface area contributed by atoms with Crippen LogP contribution in [0.5, 0.6) is 0 Å². The van der Waals surface area contributed by atoms with Crippen LogP contribution < -0.4 is 5.32 Å². The number of hydrogen-bond donors (Lipinski definition) is 1. The standard InChI is InChI=1S/C21H25N5O2/c1-14-11-19(28-25-14)18-13-26(2)24-20(18)16-5-3-15(4-6-16)12-23-21(27)17-7-9-22-10-8-17/h7-11,13,15-16H,3-6,12H2,1-2H3,(H,23,27). The fraction of sp³-hybridized carbons (Fsp3) is 0.429. The number of aromatic nitrogens is 4. The van der Waals surface area contributed by atoms with E-state index < -0.39 is 0 Å². The molecule has 0 aromatic carbocycles. The van der Waals surface area contributed by atoms with Crippen molar-refractivity contribution in [1.82, 2.24) is 25.2 Å². The second-order valence-corrected chi connectivity index (χ2v) is 7.60. The van der Waals surface area contributed by atoms with E-state index in [0.717, 1.165) is 48.4 Å². The Morgan fingerprint density at radius 2 is 2.00 bits per heavy atom. The molecule has 0 aliphatic heterocycles. The summed E-state index contributed by atoms with van der Waals surface area (Å²) in [5.74, 6) is 1.67. The first-order valence-corrected chi connectivity index (χ1v) is 9.75. The Kier molecular flexibility index (Phi) is 5.23. The highest BCUT2D eigenvalue weighted by atomic mass is 16.5. The Bertz CT molecular complexity index is 939. The van der Waals surface area contributed by atoms with Gasteiger partial charge in [-0.2, -0.15) is 5.10 Å². The number of amides is 1. The normalized spacial score (nSPS) is 19.5. The molecule has 0 saturated heterocycles. The molecule has 7 nitrogen and oxygen atoms in total. The van der Waals surface area contributed by atoms with E-state index in [4.69, 9.17) is 9.62 Å². The van der Waals surface area contributed by atoms with Gasteiger partial charge in [0.25, 0.3) is 5.91 Å². The maximum absolute atomic E-state index is 12.2. The van der Waals surface area contributed by atoms with Crippen molar-refractivity contribution in [1.29, 1.82) is 0 Å². The lowest BCUT2D eigenvalue weighted by atomic mass is 9.79. The number of pyridine rings is 1. The van der Waals surface area contributed by atoms with Gasteiger partial charge in [0.05, 0.1) is 17.0 Å². The number of nitrogens with zero attached hydrogens (tertiary/aromatic N) is 4. The zero-order chi connectivity index (χ0) is 19.5. The molecule has 4 rings (SSSR count). The maximum atomic E-state index is 12.2. The molecule has 0 bridgehead atoms. The number of carbonyl (C=O) groups is 1. The minimum absolute atomic E-state index is 0.0303. The smallest absolute Gasteiger partial charge is 0.251 e. The van der Waals surface area contributed by atoms with Crippen LogP contribution in [0.1, 0.15) is 53.3 Å². The molecule has 1 N–H and O–H groups in total. The van der Waals surface area contributed by atoms with Gasteiger partial charge < -0.3 is 9.84 Å². The molecular formula is C21H25N5O2. The maximum Gasteiger partial charge on any atom is 0.251 e. The van der Waals surface area contributed by atoms with Crippen molar-refractivity contribution in [3.8, 4) is 11.3 Å². The first-order chi connectivity index (χ1) is 13.6. The van der Waals surface area contributed by atoms with Gasteiger partial charge in [-0.1, -0.05) is 5.16 Å². The summed E-state index contributed by atoms with van der Waals surface area (Å²) in [7, 11) is 1.94. The molecule has 1 fully saturated rings. The van der Waals surface area contributed by atoms with E-state index in [2.05, 4.69) is 15.5 Å². The lowest BCUT2D eigenvalue weighted by Crippen LogP contribution is -2.31. The van der Waals surface area contributed by atoms with Gasteiger partial charge in [-0.05, 0) is 50.7 Å². The second-order valence-electron chi connectivity index (χ2n) is 7.60. The largest absolute Gasteiger partial charge is 0.356 e. The van der Waals surface area contributed by atoms with E-state index in [1.807, 2.05) is 30.9 Å². The quantitative estimate of drug-likeness (QED) is 0.733. The van der Waals surface area contributed by atoms with E-state index in [1.54, 1.807) is 24.5 Å². The summed E-state index contributed by atoms with van der Waals surface area (Å²) in [5, 5.41) is 11.8. The Hall–Kier alpha value is -2.96. The van der Waals surface area contributed by atoms with E-state index >= 15 is 0 Å². The van der Waals surface area contributed by atoms with Crippen molar-refractivity contribution in [3.05, 3.63) is 53.7 Å². The van der Waals surface area contributed by atoms with Crippen LogP contribution in [0.15, 0.2) is 41.3 Å². The summed E-state index contributed by atoms with van der Waals surface area (Å²) in [6.07, 6.45) is 9.57. The second kappa shape index (κ2) is 7.96. The molecule has 1 aliphatic carbocycles. The van der Waals surface area contributed by atoms with Gasteiger partial charge in [-0.25, -0.2) is 0 Å². The zero-order valence-electron chi connectivity index (χ0n) is 16.3. The molecular weight excluding hydrogens is 354 g/mol. The summed E-state index contributed by atoms with van der Waals surface area (Å²) in [6.45, 7) is 2.64. The van der Waals surface area contributed by atoms with E-state index in [1.165, 1.54) is 0 Å². The molecule has 0 atom stereocenters. The average molecular weight is 379 g/mol. The van der Waals surface area contributed by atoms with Crippen LogP contribution in [0.4, 0.5) is 0 Å². The third-order valence-electron chi connectivity index (χ3n) is 5.48. The molecule has 0 spiro atoms. The van der Waals surface area contributed by atoms with Crippen LogP contribution in [0.2, 0.25) is 0 Å². The molecule has 7 heteroatoms. The van der Waals surface area contributed by atoms with E-state index in [-0.39, 0.29) is 5.91 Å². The Morgan fingerprint density at radius 3 is 2.68 bits per heavy atom. The highest BCUT2D eigenvalue weighted by Gasteiger charge is 2.28. The molecule has 3 aromatic rings. The van der Waals surface area contributed by atoms with Gasteiger partial charge >= 0.3 is 0 Å². The minimum atomic E-state index is -0.0303. The number of nitrogens with one attached hydrogen (secondary N) is 1. The van der Waals surface area contributed by atoms with E-state index in [9.17, 15) is 4.79 Å². The van der Waals surface area contributed by atoms with Gasteiger partial charge in [0.1, 0.15) is 0 Å². The monoisotopic (exact) mass is 379 g/mol. The van der Waals surface area contributed by atoms with Crippen LogP contribution >= 0.6 is 0 Å². The summed E-state index contributed by atoms with van der Waals surface area (Å²) < 4.78 is 7.32. The third kappa shape index (κ3) is 3.98. The summed E-state index contributed by atoms with van der Waals surface area (Å²) in [5.41, 5.74) is 3.66. The predicted octanol–water partition coefficient (Wildman–Crippen LogP) is 3.48. The van der Waals surface area contributed by atoms with Crippen molar-refractivity contribution >= 4 is 5.91 Å². The lowest BCUT2D eigenvalue weighted by Gasteiger charge is -2.28.